The number of nitrogens with zero attached hydrogens (tertiary/aromatic N) is 2. The van der Waals surface area contributed by atoms with Crippen LogP contribution >= 0.6 is 0 Å². The maximum absolute atomic E-state index is 8.97. The molecule has 2 unspecified atom stereocenters. The molecule has 1 fully saturated rings. The zero-order chi connectivity index (χ0) is 13.1. The van der Waals surface area contributed by atoms with Gasteiger partial charge in [0.05, 0.1) is 6.07 Å². The molecule has 3 heteroatoms. The van der Waals surface area contributed by atoms with Crippen molar-refractivity contribution in [3.05, 3.63) is 0 Å². The molecule has 1 saturated heterocycles. The summed E-state index contributed by atoms with van der Waals surface area (Å²) in [5, 5.41) is 8.97. The van der Waals surface area contributed by atoms with Crippen LogP contribution in [0.2, 0.25) is 0 Å². The first-order valence-corrected chi connectivity index (χ1v) is 6.67. The number of likely N-dealkylation sites (tertiary alicyclic amines) is 1. The minimum absolute atomic E-state index is 0.400. The Morgan fingerprint density at radius 2 is 1.88 bits per heavy atom. The summed E-state index contributed by atoms with van der Waals surface area (Å²) in [6.45, 7) is 11.7. The molecule has 17 heavy (non-hydrogen) atoms. The van der Waals surface area contributed by atoms with Gasteiger partial charge in [0.1, 0.15) is 5.54 Å². The molecule has 0 radical (unpaired) electrons. The van der Waals surface area contributed by atoms with Gasteiger partial charge in [-0.2, -0.15) is 5.26 Å². The van der Waals surface area contributed by atoms with Gasteiger partial charge in [-0.1, -0.05) is 20.8 Å². The number of nitriles is 1. The Labute approximate surface area is 106 Å². The molecule has 1 rings (SSSR count). The molecule has 1 aliphatic rings. The summed E-state index contributed by atoms with van der Waals surface area (Å²) >= 11 is 0. The molecule has 2 atom stereocenters. The van der Waals surface area contributed by atoms with E-state index < -0.39 is 5.54 Å². The summed E-state index contributed by atoms with van der Waals surface area (Å²) in [7, 11) is 0. The molecule has 0 aromatic rings. The molecule has 1 aliphatic heterocycles. The number of nitrogens with two attached hydrogens (primary N) is 1. The van der Waals surface area contributed by atoms with Crippen LogP contribution in [0, 0.1) is 22.7 Å². The molecular weight excluding hydrogens is 210 g/mol. The molecule has 0 aromatic carbocycles. The molecule has 0 saturated carbocycles. The highest BCUT2D eigenvalue weighted by Crippen LogP contribution is 2.34. The van der Waals surface area contributed by atoms with Crippen LogP contribution in [0.1, 0.15) is 47.0 Å². The van der Waals surface area contributed by atoms with Gasteiger partial charge in [0.25, 0.3) is 0 Å². The minimum Gasteiger partial charge on any atom is -0.313 e. The average molecular weight is 237 g/mol. The summed E-state index contributed by atoms with van der Waals surface area (Å²) in [6.07, 6.45) is 3.75. The largest absolute Gasteiger partial charge is 0.313 e. The highest BCUT2D eigenvalue weighted by molar-refractivity contribution is 5.03. The van der Waals surface area contributed by atoms with Crippen LogP contribution in [0.5, 0.6) is 0 Å². The highest BCUT2D eigenvalue weighted by Gasteiger charge is 2.29. The SMILES string of the molecule is CC(N)(C#N)CN1CCCC(C(C)(C)C)CC1. The van der Waals surface area contributed by atoms with Crippen LogP contribution < -0.4 is 5.73 Å². The highest BCUT2D eigenvalue weighted by atomic mass is 15.1. The predicted molar refractivity (Wildman–Crippen MR) is 71.4 cm³/mol. The first-order chi connectivity index (χ1) is 7.74. The molecule has 0 aromatic heterocycles. The molecule has 0 amide bonds. The maximum atomic E-state index is 8.97. The molecule has 0 aliphatic carbocycles. The monoisotopic (exact) mass is 237 g/mol. The van der Waals surface area contributed by atoms with Crippen LogP contribution in [-0.4, -0.2) is 30.1 Å². The molecule has 3 nitrogen and oxygen atoms in total. The second-order valence-corrected chi connectivity index (χ2v) is 6.80. The van der Waals surface area contributed by atoms with E-state index in [0.717, 1.165) is 19.0 Å². The minimum atomic E-state index is -0.707. The van der Waals surface area contributed by atoms with Crippen molar-refractivity contribution in [1.29, 1.82) is 5.26 Å². The van der Waals surface area contributed by atoms with Crippen molar-refractivity contribution < 1.29 is 0 Å². The lowest BCUT2D eigenvalue weighted by Crippen LogP contribution is -2.47. The lowest BCUT2D eigenvalue weighted by Gasteiger charge is -2.30. The average Bonchev–Trinajstić information content (AvgIpc) is 2.42. The summed E-state index contributed by atoms with van der Waals surface area (Å²) in [5.74, 6) is 0.790. The zero-order valence-electron chi connectivity index (χ0n) is 11.8. The quantitative estimate of drug-likeness (QED) is 0.802. The van der Waals surface area contributed by atoms with Gasteiger partial charge in [-0.15, -0.1) is 0 Å². The number of hydrogen-bond donors (Lipinski definition) is 1. The Kier molecular flexibility index (Phi) is 4.57. The van der Waals surface area contributed by atoms with E-state index in [1.807, 2.05) is 6.92 Å². The summed E-state index contributed by atoms with van der Waals surface area (Å²) in [6, 6.07) is 2.19. The van der Waals surface area contributed by atoms with Crippen LogP contribution in [0.25, 0.3) is 0 Å². The number of hydrogen-bond acceptors (Lipinski definition) is 3. The van der Waals surface area contributed by atoms with Crippen LogP contribution in [0.15, 0.2) is 0 Å². The molecule has 2 N–H and O–H groups in total. The summed E-state index contributed by atoms with van der Waals surface area (Å²) in [5.41, 5.74) is 5.61. The van der Waals surface area contributed by atoms with Gasteiger partial charge in [-0.25, -0.2) is 0 Å². The Balaban J connectivity index is 2.52. The summed E-state index contributed by atoms with van der Waals surface area (Å²) in [4.78, 5) is 2.36. The predicted octanol–water partition coefficient (Wildman–Crippen LogP) is 2.38. The van der Waals surface area contributed by atoms with Gasteiger partial charge >= 0.3 is 0 Å². The lowest BCUT2D eigenvalue weighted by atomic mass is 9.77. The first-order valence-electron chi connectivity index (χ1n) is 6.67. The third-order valence-corrected chi connectivity index (χ3v) is 3.85. The fraction of sp³-hybridized carbons (Fsp3) is 0.929. The Bertz CT molecular complexity index is 283. The van der Waals surface area contributed by atoms with Gasteiger partial charge in [-0.3, -0.25) is 0 Å². The third-order valence-electron chi connectivity index (χ3n) is 3.85. The van der Waals surface area contributed by atoms with Gasteiger partial charge in [-0.05, 0) is 50.6 Å². The standard InChI is InChI=1S/C14H27N3/c1-13(2,3)12-6-5-8-17(9-7-12)11-14(4,16)10-15/h12H,5-9,11,16H2,1-4H3. The van der Waals surface area contributed by atoms with Crippen molar-refractivity contribution in [3.63, 3.8) is 0 Å². The Morgan fingerprint density at radius 1 is 1.24 bits per heavy atom. The molecular formula is C14H27N3. The first kappa shape index (κ1) is 14.5. The molecule has 98 valence electrons. The van der Waals surface area contributed by atoms with Gasteiger partial charge < -0.3 is 10.6 Å². The van der Waals surface area contributed by atoms with E-state index in [2.05, 4.69) is 31.7 Å². The Morgan fingerprint density at radius 3 is 2.41 bits per heavy atom. The zero-order valence-corrected chi connectivity index (χ0v) is 11.8. The van der Waals surface area contributed by atoms with Crippen molar-refractivity contribution in [2.75, 3.05) is 19.6 Å². The van der Waals surface area contributed by atoms with Crippen LogP contribution in [-0.2, 0) is 0 Å². The second kappa shape index (κ2) is 5.37. The fourth-order valence-electron chi connectivity index (χ4n) is 2.68. The third kappa shape index (κ3) is 4.65. The van der Waals surface area contributed by atoms with E-state index >= 15 is 0 Å². The molecule has 0 spiro atoms. The van der Waals surface area contributed by atoms with E-state index in [1.165, 1.54) is 19.3 Å². The smallest absolute Gasteiger partial charge is 0.114 e. The van der Waals surface area contributed by atoms with Crippen molar-refractivity contribution in [1.82, 2.24) is 4.90 Å². The maximum Gasteiger partial charge on any atom is 0.114 e. The van der Waals surface area contributed by atoms with Crippen molar-refractivity contribution in [2.45, 2.75) is 52.5 Å². The normalized spacial score (nSPS) is 26.9. The van der Waals surface area contributed by atoms with E-state index in [-0.39, 0.29) is 0 Å². The Hall–Kier alpha value is -0.590. The molecule has 0 bridgehead atoms. The van der Waals surface area contributed by atoms with Crippen molar-refractivity contribution >= 4 is 0 Å². The topological polar surface area (TPSA) is 53.1 Å². The molecule has 1 heterocycles. The lowest BCUT2D eigenvalue weighted by molar-refractivity contribution is 0.202. The van der Waals surface area contributed by atoms with Crippen molar-refractivity contribution in [3.8, 4) is 6.07 Å². The van der Waals surface area contributed by atoms with Gasteiger partial charge in [0.15, 0.2) is 0 Å². The fourth-order valence-corrected chi connectivity index (χ4v) is 2.68. The van der Waals surface area contributed by atoms with Gasteiger partial charge in [0, 0.05) is 6.54 Å². The van der Waals surface area contributed by atoms with E-state index in [9.17, 15) is 0 Å². The second-order valence-electron chi connectivity index (χ2n) is 6.80. The summed E-state index contributed by atoms with van der Waals surface area (Å²) < 4.78 is 0. The van der Waals surface area contributed by atoms with Crippen molar-refractivity contribution in [2.24, 2.45) is 17.1 Å². The number of rotatable bonds is 2. The van der Waals surface area contributed by atoms with Gasteiger partial charge in [0.2, 0.25) is 0 Å². The van der Waals surface area contributed by atoms with Crippen LogP contribution in [0.3, 0.4) is 0 Å². The van der Waals surface area contributed by atoms with Crippen LogP contribution in [0.4, 0.5) is 0 Å². The van der Waals surface area contributed by atoms with E-state index in [1.54, 1.807) is 0 Å². The van der Waals surface area contributed by atoms with E-state index in [0.29, 0.717) is 12.0 Å². The van der Waals surface area contributed by atoms with E-state index in [4.69, 9.17) is 11.0 Å².